The zero-order valence-corrected chi connectivity index (χ0v) is 16.7. The van der Waals surface area contributed by atoms with E-state index in [1.807, 2.05) is 23.6 Å². The van der Waals surface area contributed by atoms with Crippen LogP contribution in [0.2, 0.25) is 0 Å². The normalized spacial score (nSPS) is 20.0. The van der Waals surface area contributed by atoms with E-state index in [9.17, 15) is 20.1 Å². The first kappa shape index (κ1) is 23.3. The van der Waals surface area contributed by atoms with Gasteiger partial charge in [-0.15, -0.1) is 0 Å². The minimum absolute atomic E-state index is 0.0219. The van der Waals surface area contributed by atoms with Crippen LogP contribution in [0, 0.1) is 5.41 Å². The molecule has 1 saturated heterocycles. The molecule has 154 valence electrons. The second-order valence-electron chi connectivity index (χ2n) is 8.75. The molecule has 26 heavy (non-hydrogen) atoms. The van der Waals surface area contributed by atoms with Gasteiger partial charge in [-0.1, -0.05) is 13.8 Å². The number of rotatable bonds is 8. The molecule has 0 atom stereocenters. The number of hydrogen-bond donors (Lipinski definition) is 4. The molecule has 0 saturated carbocycles. The Hall–Kier alpha value is -0.770. The number of β-amino-alcohol motifs (C(OH)–C–C–N with tert-alkyl or cyclic N) is 2. The van der Waals surface area contributed by atoms with Crippen molar-refractivity contribution in [1.82, 2.24) is 14.7 Å². The zero-order chi connectivity index (χ0) is 20.0. The second kappa shape index (κ2) is 9.96. The van der Waals surface area contributed by atoms with Crippen molar-refractivity contribution in [3.63, 3.8) is 0 Å². The van der Waals surface area contributed by atoms with Gasteiger partial charge < -0.3 is 20.4 Å². The van der Waals surface area contributed by atoms with Gasteiger partial charge in [-0.05, 0) is 25.7 Å². The van der Waals surface area contributed by atoms with Crippen molar-refractivity contribution in [2.75, 3.05) is 59.0 Å². The molecule has 0 spiro atoms. The maximum absolute atomic E-state index is 11.1. The number of aliphatic hydroxyl groups is 3. The van der Waals surface area contributed by atoms with Crippen molar-refractivity contribution in [2.24, 2.45) is 5.41 Å². The van der Waals surface area contributed by atoms with Crippen molar-refractivity contribution < 1.29 is 25.2 Å². The number of nitrogens with zero attached hydrogens (tertiary/aromatic N) is 3. The lowest BCUT2D eigenvalue weighted by molar-refractivity contribution is -0.138. The van der Waals surface area contributed by atoms with Gasteiger partial charge in [0.25, 0.3) is 0 Å². The summed E-state index contributed by atoms with van der Waals surface area (Å²) < 4.78 is 0. The average Bonchev–Trinajstić information content (AvgIpc) is 2.57. The highest BCUT2D eigenvalue weighted by Gasteiger charge is 2.34. The Balaban J connectivity index is 2.90. The predicted octanol–water partition coefficient (Wildman–Crippen LogP) is -0.511. The summed E-state index contributed by atoms with van der Waals surface area (Å²) in [6, 6.07) is 0. The molecule has 1 rings (SSSR count). The number of aliphatic hydroxyl groups excluding tert-OH is 2. The summed E-state index contributed by atoms with van der Waals surface area (Å²) in [5, 5.41) is 37.4. The summed E-state index contributed by atoms with van der Waals surface area (Å²) in [7, 11) is 0. The Morgan fingerprint density at radius 2 is 1.46 bits per heavy atom. The highest BCUT2D eigenvalue weighted by atomic mass is 16.5. The second-order valence-corrected chi connectivity index (χ2v) is 8.75. The molecule has 0 aromatic heterocycles. The highest BCUT2D eigenvalue weighted by Crippen LogP contribution is 2.31. The van der Waals surface area contributed by atoms with E-state index >= 15 is 0 Å². The number of aliphatic carboxylic acids is 1. The first-order valence-electron chi connectivity index (χ1n) is 9.34. The Kier molecular flexibility index (Phi) is 8.92. The third kappa shape index (κ3) is 8.28. The van der Waals surface area contributed by atoms with Crippen LogP contribution in [0.4, 0.5) is 0 Å². The molecule has 0 radical (unpaired) electrons. The van der Waals surface area contributed by atoms with E-state index in [1.54, 1.807) is 0 Å². The number of carbonyl (C=O) groups is 1. The molecule has 8 heteroatoms. The van der Waals surface area contributed by atoms with E-state index in [-0.39, 0.29) is 30.7 Å². The fourth-order valence-corrected chi connectivity index (χ4v) is 3.85. The molecule has 4 N–H and O–H groups in total. The van der Waals surface area contributed by atoms with Gasteiger partial charge in [0.2, 0.25) is 0 Å². The van der Waals surface area contributed by atoms with Crippen LogP contribution in [0.5, 0.6) is 0 Å². The molecular weight excluding hydrogens is 338 g/mol. The summed E-state index contributed by atoms with van der Waals surface area (Å²) >= 11 is 0. The van der Waals surface area contributed by atoms with Crippen LogP contribution in [-0.2, 0) is 4.79 Å². The van der Waals surface area contributed by atoms with Crippen molar-refractivity contribution >= 4 is 5.97 Å². The maximum Gasteiger partial charge on any atom is 0.317 e. The monoisotopic (exact) mass is 375 g/mol. The van der Waals surface area contributed by atoms with Crippen LogP contribution >= 0.6 is 0 Å². The molecule has 0 amide bonds. The van der Waals surface area contributed by atoms with E-state index in [1.165, 1.54) is 0 Å². The standard InChI is InChI=1S/C18H37N3O5/c1-17(2,14-22)13-18(3,4)21-9-7-19(11-15(23)24)5-6-20(8-10-21)12-16(25)26/h15,22-24H,5-14H2,1-4H3,(H,25,26). The van der Waals surface area contributed by atoms with Crippen molar-refractivity contribution in [1.29, 1.82) is 0 Å². The third-order valence-electron chi connectivity index (χ3n) is 5.08. The molecule has 0 bridgehead atoms. The van der Waals surface area contributed by atoms with Crippen LogP contribution in [0.15, 0.2) is 0 Å². The van der Waals surface area contributed by atoms with Gasteiger partial charge in [0, 0.05) is 58.0 Å². The van der Waals surface area contributed by atoms with Gasteiger partial charge in [-0.25, -0.2) is 0 Å². The van der Waals surface area contributed by atoms with Crippen molar-refractivity contribution in [3.8, 4) is 0 Å². The predicted molar refractivity (Wildman–Crippen MR) is 99.9 cm³/mol. The Labute approximate surface area is 157 Å². The van der Waals surface area contributed by atoms with E-state index < -0.39 is 12.3 Å². The van der Waals surface area contributed by atoms with Gasteiger partial charge >= 0.3 is 5.97 Å². The molecule has 0 aliphatic carbocycles. The number of hydrogen-bond acceptors (Lipinski definition) is 7. The Morgan fingerprint density at radius 3 is 1.96 bits per heavy atom. The number of carboxylic acids is 1. The molecule has 1 fully saturated rings. The average molecular weight is 376 g/mol. The molecule has 1 aliphatic rings. The fourth-order valence-electron chi connectivity index (χ4n) is 3.85. The Bertz CT molecular complexity index is 443. The molecule has 1 heterocycles. The van der Waals surface area contributed by atoms with Crippen molar-refractivity contribution in [2.45, 2.75) is 45.9 Å². The van der Waals surface area contributed by atoms with E-state index in [0.717, 1.165) is 19.5 Å². The summed E-state index contributed by atoms with van der Waals surface area (Å²) in [6.07, 6.45) is -0.601. The van der Waals surface area contributed by atoms with Gasteiger partial charge in [-0.2, -0.15) is 0 Å². The van der Waals surface area contributed by atoms with E-state index in [0.29, 0.717) is 26.2 Å². The first-order valence-corrected chi connectivity index (χ1v) is 9.34. The molecule has 0 aromatic rings. The molecule has 8 nitrogen and oxygen atoms in total. The smallest absolute Gasteiger partial charge is 0.317 e. The molecule has 0 aromatic carbocycles. The minimum atomic E-state index is -1.40. The molecular formula is C18H37N3O5. The van der Waals surface area contributed by atoms with Crippen LogP contribution in [-0.4, -0.2) is 112 Å². The van der Waals surface area contributed by atoms with Crippen molar-refractivity contribution in [3.05, 3.63) is 0 Å². The topological polar surface area (TPSA) is 108 Å². The van der Waals surface area contributed by atoms with Crippen LogP contribution in [0.1, 0.15) is 34.1 Å². The quantitative estimate of drug-likeness (QED) is 0.420. The van der Waals surface area contributed by atoms with E-state index in [2.05, 4.69) is 18.7 Å². The van der Waals surface area contributed by atoms with Crippen LogP contribution in [0.3, 0.4) is 0 Å². The minimum Gasteiger partial charge on any atom is -0.480 e. The summed E-state index contributed by atoms with van der Waals surface area (Å²) in [6.45, 7) is 12.6. The molecule has 1 aliphatic heterocycles. The molecule has 0 unspecified atom stereocenters. The highest BCUT2D eigenvalue weighted by molar-refractivity contribution is 5.69. The van der Waals surface area contributed by atoms with E-state index in [4.69, 9.17) is 5.11 Å². The van der Waals surface area contributed by atoms with Gasteiger partial charge in [-0.3, -0.25) is 19.5 Å². The summed E-state index contributed by atoms with van der Waals surface area (Å²) in [5.74, 6) is -0.856. The summed E-state index contributed by atoms with van der Waals surface area (Å²) in [4.78, 5) is 17.3. The lowest BCUT2D eigenvalue weighted by Crippen LogP contribution is -2.51. The van der Waals surface area contributed by atoms with Gasteiger partial charge in [0.05, 0.1) is 6.54 Å². The fraction of sp³-hybridized carbons (Fsp3) is 0.944. The maximum atomic E-state index is 11.1. The summed E-state index contributed by atoms with van der Waals surface area (Å²) in [5.41, 5.74) is -0.376. The SMILES string of the molecule is CC(C)(CO)CC(C)(C)N1CCN(CC(=O)O)CCN(CC(O)O)CC1. The zero-order valence-electron chi connectivity index (χ0n) is 16.7. The number of carboxylic acid groups (broad SMARTS) is 1. The van der Waals surface area contributed by atoms with Crippen LogP contribution in [0.25, 0.3) is 0 Å². The van der Waals surface area contributed by atoms with Gasteiger partial charge in [0.15, 0.2) is 6.29 Å². The third-order valence-corrected chi connectivity index (χ3v) is 5.08. The first-order chi connectivity index (χ1) is 11.9. The van der Waals surface area contributed by atoms with Gasteiger partial charge in [0.1, 0.15) is 0 Å². The Morgan fingerprint density at radius 1 is 0.962 bits per heavy atom. The lowest BCUT2D eigenvalue weighted by Gasteiger charge is -2.43. The van der Waals surface area contributed by atoms with Crippen LogP contribution < -0.4 is 0 Å². The largest absolute Gasteiger partial charge is 0.480 e. The lowest BCUT2D eigenvalue weighted by atomic mass is 9.79.